The molecule has 1 saturated carbocycles. The Balaban J connectivity index is 2.02. The molecule has 1 spiro atoms. The van der Waals surface area contributed by atoms with E-state index in [1.165, 1.54) is 19.3 Å². The van der Waals surface area contributed by atoms with Gasteiger partial charge in [-0.05, 0) is 31.1 Å². The van der Waals surface area contributed by atoms with Crippen molar-refractivity contribution >= 4 is 0 Å². The summed E-state index contributed by atoms with van der Waals surface area (Å²) >= 11 is 0. The Hall–Kier alpha value is -0.0800. The fourth-order valence-corrected chi connectivity index (χ4v) is 3.24. The fraction of sp³-hybridized carbons (Fsp3) is 1.00. The lowest BCUT2D eigenvalue weighted by molar-refractivity contribution is -0.0109. The molecule has 1 heterocycles. The Labute approximate surface area is 81.0 Å². The smallest absolute Gasteiger partial charge is 0.0649 e. The number of morpholine rings is 1. The maximum Gasteiger partial charge on any atom is 0.0649 e. The highest BCUT2D eigenvalue weighted by Crippen LogP contribution is 2.36. The van der Waals surface area contributed by atoms with Crippen molar-refractivity contribution in [3.05, 3.63) is 0 Å². The number of ether oxygens (including phenoxy) is 1. The molecule has 2 fully saturated rings. The minimum atomic E-state index is 0.329. The van der Waals surface area contributed by atoms with Crippen LogP contribution in [0.2, 0.25) is 0 Å². The molecule has 2 heteroatoms. The Morgan fingerprint density at radius 1 is 1.23 bits per heavy atom. The summed E-state index contributed by atoms with van der Waals surface area (Å²) in [6.45, 7) is 7.60. The Morgan fingerprint density at radius 2 is 1.92 bits per heavy atom. The molecule has 2 atom stereocenters. The van der Waals surface area contributed by atoms with E-state index in [9.17, 15) is 0 Å². The number of hydrogen-bond donors (Lipinski definition) is 1. The van der Waals surface area contributed by atoms with E-state index in [1.807, 2.05) is 0 Å². The number of hydrogen-bond acceptors (Lipinski definition) is 2. The topological polar surface area (TPSA) is 21.3 Å². The van der Waals surface area contributed by atoms with E-state index in [-0.39, 0.29) is 0 Å². The maximum absolute atomic E-state index is 5.60. The molecule has 76 valence electrons. The highest BCUT2D eigenvalue weighted by molar-refractivity contribution is 4.96. The van der Waals surface area contributed by atoms with Crippen molar-refractivity contribution in [3.8, 4) is 0 Å². The SMILES string of the molecule is CC1CC(C)CC2(COCCN2)C1. The van der Waals surface area contributed by atoms with Crippen LogP contribution in [0.1, 0.15) is 33.1 Å². The lowest BCUT2D eigenvalue weighted by Crippen LogP contribution is -2.57. The summed E-state index contributed by atoms with van der Waals surface area (Å²) in [7, 11) is 0. The van der Waals surface area contributed by atoms with Crippen molar-refractivity contribution in [2.24, 2.45) is 11.8 Å². The molecule has 2 rings (SSSR count). The fourth-order valence-electron chi connectivity index (χ4n) is 3.24. The zero-order valence-electron chi connectivity index (χ0n) is 8.81. The largest absolute Gasteiger partial charge is 0.378 e. The molecular formula is C11H21NO. The van der Waals surface area contributed by atoms with Crippen LogP contribution in [-0.2, 0) is 4.74 Å². The van der Waals surface area contributed by atoms with Crippen molar-refractivity contribution in [2.75, 3.05) is 19.8 Å². The average Bonchev–Trinajstić information content (AvgIpc) is 2.02. The molecule has 1 saturated heterocycles. The van der Waals surface area contributed by atoms with Gasteiger partial charge in [0.25, 0.3) is 0 Å². The van der Waals surface area contributed by atoms with Gasteiger partial charge in [-0.3, -0.25) is 0 Å². The van der Waals surface area contributed by atoms with E-state index in [1.54, 1.807) is 0 Å². The van der Waals surface area contributed by atoms with E-state index in [0.29, 0.717) is 5.54 Å². The summed E-state index contributed by atoms with van der Waals surface area (Å²) in [5, 5.41) is 3.67. The minimum Gasteiger partial charge on any atom is -0.378 e. The summed E-state index contributed by atoms with van der Waals surface area (Å²) < 4.78 is 5.60. The van der Waals surface area contributed by atoms with Crippen molar-refractivity contribution < 1.29 is 4.74 Å². The molecule has 0 bridgehead atoms. The molecule has 1 aliphatic heterocycles. The predicted molar refractivity (Wildman–Crippen MR) is 53.7 cm³/mol. The second-order valence-corrected chi connectivity index (χ2v) is 5.11. The lowest BCUT2D eigenvalue weighted by atomic mass is 9.71. The van der Waals surface area contributed by atoms with Crippen molar-refractivity contribution in [3.63, 3.8) is 0 Å². The van der Waals surface area contributed by atoms with Crippen LogP contribution in [0.4, 0.5) is 0 Å². The van der Waals surface area contributed by atoms with Gasteiger partial charge in [-0.15, -0.1) is 0 Å². The highest BCUT2D eigenvalue weighted by atomic mass is 16.5. The van der Waals surface area contributed by atoms with Gasteiger partial charge in [0.2, 0.25) is 0 Å². The van der Waals surface area contributed by atoms with Gasteiger partial charge in [0.15, 0.2) is 0 Å². The third-order valence-corrected chi connectivity index (χ3v) is 3.41. The summed E-state index contributed by atoms with van der Waals surface area (Å²) in [4.78, 5) is 0. The summed E-state index contributed by atoms with van der Waals surface area (Å²) in [5.74, 6) is 1.72. The summed E-state index contributed by atoms with van der Waals surface area (Å²) in [6.07, 6.45) is 4.00. The molecule has 13 heavy (non-hydrogen) atoms. The predicted octanol–water partition coefficient (Wildman–Crippen LogP) is 1.80. The first-order valence-corrected chi connectivity index (χ1v) is 5.53. The van der Waals surface area contributed by atoms with Gasteiger partial charge in [-0.1, -0.05) is 13.8 Å². The van der Waals surface area contributed by atoms with Crippen LogP contribution < -0.4 is 5.32 Å². The van der Waals surface area contributed by atoms with Crippen molar-refractivity contribution in [1.29, 1.82) is 0 Å². The molecular weight excluding hydrogens is 162 g/mol. The van der Waals surface area contributed by atoms with E-state index < -0.39 is 0 Å². The van der Waals surface area contributed by atoms with Crippen molar-refractivity contribution in [2.45, 2.75) is 38.6 Å². The minimum absolute atomic E-state index is 0.329. The van der Waals surface area contributed by atoms with Gasteiger partial charge in [0.1, 0.15) is 0 Å². The first-order chi connectivity index (χ1) is 6.20. The van der Waals surface area contributed by atoms with Gasteiger partial charge in [0, 0.05) is 12.1 Å². The molecule has 1 N–H and O–H groups in total. The monoisotopic (exact) mass is 183 g/mol. The first kappa shape index (κ1) is 9.47. The van der Waals surface area contributed by atoms with Gasteiger partial charge in [-0.25, -0.2) is 0 Å². The molecule has 2 aliphatic rings. The zero-order valence-corrected chi connectivity index (χ0v) is 8.81. The van der Waals surface area contributed by atoms with E-state index in [4.69, 9.17) is 4.74 Å². The quantitative estimate of drug-likeness (QED) is 0.618. The summed E-state index contributed by atoms with van der Waals surface area (Å²) in [5.41, 5.74) is 0.329. The van der Waals surface area contributed by atoms with Crippen LogP contribution in [0.15, 0.2) is 0 Å². The van der Waals surface area contributed by atoms with Crippen LogP contribution in [-0.4, -0.2) is 25.3 Å². The van der Waals surface area contributed by atoms with Crippen LogP contribution in [0.3, 0.4) is 0 Å². The second kappa shape index (κ2) is 3.58. The molecule has 1 aliphatic carbocycles. The second-order valence-electron chi connectivity index (χ2n) is 5.11. The van der Waals surface area contributed by atoms with Crippen LogP contribution >= 0.6 is 0 Å². The third kappa shape index (κ3) is 2.05. The Bertz CT molecular complexity index is 163. The molecule has 2 nitrogen and oxygen atoms in total. The molecule has 0 aromatic rings. The Morgan fingerprint density at radius 3 is 2.46 bits per heavy atom. The third-order valence-electron chi connectivity index (χ3n) is 3.41. The average molecular weight is 183 g/mol. The normalized spacial score (nSPS) is 46.6. The molecule has 0 amide bonds. The van der Waals surface area contributed by atoms with E-state index in [2.05, 4.69) is 19.2 Å². The molecule has 0 aromatic carbocycles. The maximum atomic E-state index is 5.60. The van der Waals surface area contributed by atoms with E-state index in [0.717, 1.165) is 31.6 Å². The number of rotatable bonds is 0. The van der Waals surface area contributed by atoms with Gasteiger partial charge < -0.3 is 10.1 Å². The summed E-state index contributed by atoms with van der Waals surface area (Å²) in [6, 6.07) is 0. The zero-order chi connectivity index (χ0) is 9.31. The Kier molecular flexibility index (Phi) is 2.61. The molecule has 0 radical (unpaired) electrons. The number of nitrogens with one attached hydrogen (secondary N) is 1. The van der Waals surface area contributed by atoms with Crippen LogP contribution in [0, 0.1) is 11.8 Å². The standard InChI is InChI=1S/C11H21NO/c1-9-5-10(2)7-11(6-9)8-13-4-3-12-11/h9-10,12H,3-8H2,1-2H3. The van der Waals surface area contributed by atoms with Gasteiger partial charge in [0.05, 0.1) is 13.2 Å². The van der Waals surface area contributed by atoms with Crippen LogP contribution in [0.5, 0.6) is 0 Å². The highest BCUT2D eigenvalue weighted by Gasteiger charge is 2.38. The first-order valence-electron chi connectivity index (χ1n) is 5.53. The molecule has 2 unspecified atom stereocenters. The van der Waals surface area contributed by atoms with Gasteiger partial charge >= 0.3 is 0 Å². The molecule has 0 aromatic heterocycles. The van der Waals surface area contributed by atoms with Gasteiger partial charge in [-0.2, -0.15) is 0 Å². The van der Waals surface area contributed by atoms with E-state index >= 15 is 0 Å². The van der Waals surface area contributed by atoms with Crippen molar-refractivity contribution in [1.82, 2.24) is 5.32 Å². The lowest BCUT2D eigenvalue weighted by Gasteiger charge is -2.45. The van der Waals surface area contributed by atoms with Crippen LogP contribution in [0.25, 0.3) is 0 Å².